The molecule has 0 fully saturated rings. The van der Waals surface area contributed by atoms with Crippen molar-refractivity contribution in [3.63, 3.8) is 0 Å². The SMILES string of the molecule is CCc1cc(OCC=C(Cl)Cl)cc(C)c1OCCCCNCc1ccc(C(F)(F)F)cn1. The van der Waals surface area contributed by atoms with Gasteiger partial charge in [-0.15, -0.1) is 0 Å². The van der Waals surface area contributed by atoms with Crippen LogP contribution in [0, 0.1) is 6.92 Å². The lowest BCUT2D eigenvalue weighted by atomic mass is 10.1. The highest BCUT2D eigenvalue weighted by atomic mass is 35.5. The molecule has 0 bridgehead atoms. The van der Waals surface area contributed by atoms with Gasteiger partial charge in [0.15, 0.2) is 0 Å². The number of unbranched alkanes of at least 4 members (excludes halogenated alkanes) is 1. The predicted molar refractivity (Wildman–Crippen MR) is 122 cm³/mol. The quantitative estimate of drug-likeness (QED) is 0.339. The van der Waals surface area contributed by atoms with Crippen molar-refractivity contribution in [2.24, 2.45) is 0 Å². The van der Waals surface area contributed by atoms with Gasteiger partial charge in [-0.1, -0.05) is 30.1 Å². The fraction of sp³-hybridized carbons (Fsp3) is 0.435. The van der Waals surface area contributed by atoms with Crippen LogP contribution in [-0.4, -0.2) is 24.7 Å². The van der Waals surface area contributed by atoms with Gasteiger partial charge in [-0.2, -0.15) is 13.2 Å². The number of nitrogens with one attached hydrogen (secondary N) is 1. The van der Waals surface area contributed by atoms with E-state index in [9.17, 15) is 13.2 Å². The molecule has 0 amide bonds. The maximum Gasteiger partial charge on any atom is 0.417 e. The van der Waals surface area contributed by atoms with E-state index in [1.165, 1.54) is 6.07 Å². The molecule has 9 heteroatoms. The summed E-state index contributed by atoms with van der Waals surface area (Å²) in [6.45, 7) is 6.03. The molecule has 1 aromatic heterocycles. The third-order valence-electron chi connectivity index (χ3n) is 4.65. The molecule has 0 spiro atoms. The second-order valence-electron chi connectivity index (χ2n) is 7.16. The molecular weight excluding hydrogens is 464 g/mol. The van der Waals surface area contributed by atoms with E-state index in [1.54, 1.807) is 6.08 Å². The fourth-order valence-electron chi connectivity index (χ4n) is 3.00. The van der Waals surface area contributed by atoms with Crippen molar-refractivity contribution in [2.75, 3.05) is 19.8 Å². The summed E-state index contributed by atoms with van der Waals surface area (Å²) < 4.78 is 49.5. The molecule has 0 radical (unpaired) electrons. The Hall–Kier alpha value is -1.96. The van der Waals surface area contributed by atoms with Crippen LogP contribution in [0.5, 0.6) is 11.5 Å². The van der Waals surface area contributed by atoms with E-state index in [0.717, 1.165) is 60.7 Å². The molecule has 0 aliphatic rings. The van der Waals surface area contributed by atoms with Gasteiger partial charge in [0.1, 0.15) is 22.6 Å². The minimum absolute atomic E-state index is 0.169. The standard InChI is InChI=1S/C23H27Cl2F3N2O2/c1-3-17-13-20(31-11-8-21(24)25)12-16(2)22(17)32-10-5-4-9-29-15-19-7-6-18(14-30-19)23(26,27)28/h6-8,12-14,29H,3-5,9-11,15H2,1-2H3. The van der Waals surface area contributed by atoms with Gasteiger partial charge in [-0.3, -0.25) is 4.98 Å². The first kappa shape index (κ1) is 26.3. The minimum atomic E-state index is -4.36. The summed E-state index contributed by atoms with van der Waals surface area (Å²) >= 11 is 11.2. The number of nitrogens with zero attached hydrogens (tertiary/aromatic N) is 1. The average Bonchev–Trinajstić information content (AvgIpc) is 2.73. The molecule has 32 heavy (non-hydrogen) atoms. The number of hydrogen-bond acceptors (Lipinski definition) is 4. The number of alkyl halides is 3. The first-order valence-corrected chi connectivity index (χ1v) is 11.1. The molecule has 1 heterocycles. The second kappa shape index (κ2) is 12.9. The van der Waals surface area contributed by atoms with E-state index in [4.69, 9.17) is 32.7 Å². The molecule has 1 N–H and O–H groups in total. The Morgan fingerprint density at radius 3 is 2.56 bits per heavy atom. The number of aromatic nitrogens is 1. The van der Waals surface area contributed by atoms with Crippen molar-refractivity contribution >= 4 is 23.2 Å². The summed E-state index contributed by atoms with van der Waals surface area (Å²) in [7, 11) is 0. The van der Waals surface area contributed by atoms with Crippen molar-refractivity contribution in [2.45, 2.75) is 45.8 Å². The summed E-state index contributed by atoms with van der Waals surface area (Å²) in [6, 6.07) is 6.31. The van der Waals surface area contributed by atoms with Crippen LogP contribution in [-0.2, 0) is 19.1 Å². The van der Waals surface area contributed by atoms with Crippen molar-refractivity contribution in [3.05, 3.63) is 63.4 Å². The monoisotopic (exact) mass is 490 g/mol. The normalized spacial score (nSPS) is 11.3. The first-order valence-electron chi connectivity index (χ1n) is 10.3. The third kappa shape index (κ3) is 8.88. The molecule has 0 atom stereocenters. The van der Waals surface area contributed by atoms with E-state index in [0.29, 0.717) is 25.5 Å². The highest BCUT2D eigenvalue weighted by molar-refractivity contribution is 6.55. The van der Waals surface area contributed by atoms with Crippen LogP contribution < -0.4 is 14.8 Å². The molecule has 1 aromatic carbocycles. The Morgan fingerprint density at radius 1 is 1.16 bits per heavy atom. The van der Waals surface area contributed by atoms with Crippen molar-refractivity contribution < 1.29 is 22.6 Å². The van der Waals surface area contributed by atoms with E-state index < -0.39 is 11.7 Å². The van der Waals surface area contributed by atoms with Gasteiger partial charge in [0.2, 0.25) is 0 Å². The largest absolute Gasteiger partial charge is 0.493 e. The summed E-state index contributed by atoms with van der Waals surface area (Å²) in [4.78, 5) is 3.85. The highest BCUT2D eigenvalue weighted by Crippen LogP contribution is 2.30. The van der Waals surface area contributed by atoms with E-state index in [-0.39, 0.29) is 4.49 Å². The predicted octanol–water partition coefficient (Wildman–Crippen LogP) is 6.62. The van der Waals surface area contributed by atoms with Crippen LogP contribution in [0.2, 0.25) is 0 Å². The maximum atomic E-state index is 12.6. The number of rotatable bonds is 12. The van der Waals surface area contributed by atoms with Crippen molar-refractivity contribution in [1.82, 2.24) is 10.3 Å². The highest BCUT2D eigenvalue weighted by Gasteiger charge is 2.30. The summed E-state index contributed by atoms with van der Waals surface area (Å²) in [6.07, 6.45) is 0.592. The Kier molecular flexibility index (Phi) is 10.6. The molecule has 4 nitrogen and oxygen atoms in total. The van der Waals surface area contributed by atoms with Crippen LogP contribution in [0.1, 0.15) is 42.1 Å². The summed E-state index contributed by atoms with van der Waals surface area (Å²) in [5.74, 6) is 1.60. The van der Waals surface area contributed by atoms with Crippen molar-refractivity contribution in [1.29, 1.82) is 0 Å². The summed E-state index contributed by atoms with van der Waals surface area (Å²) in [5, 5.41) is 3.19. The van der Waals surface area contributed by atoms with Gasteiger partial charge in [-0.05, 0) is 74.2 Å². The number of hydrogen-bond donors (Lipinski definition) is 1. The van der Waals surface area contributed by atoms with E-state index in [1.807, 2.05) is 19.1 Å². The van der Waals surface area contributed by atoms with Crippen LogP contribution in [0.4, 0.5) is 13.2 Å². The molecule has 0 saturated carbocycles. The lowest BCUT2D eigenvalue weighted by Gasteiger charge is -2.16. The fourth-order valence-corrected chi connectivity index (χ4v) is 3.13. The smallest absolute Gasteiger partial charge is 0.417 e. The Balaban J connectivity index is 1.72. The van der Waals surface area contributed by atoms with Gasteiger partial charge >= 0.3 is 6.18 Å². The number of benzene rings is 1. The van der Waals surface area contributed by atoms with E-state index in [2.05, 4.69) is 17.2 Å². The Bertz CT molecular complexity index is 884. The zero-order valence-electron chi connectivity index (χ0n) is 18.1. The van der Waals surface area contributed by atoms with Gasteiger partial charge < -0.3 is 14.8 Å². The maximum absolute atomic E-state index is 12.6. The zero-order chi connectivity index (χ0) is 23.6. The number of halogens is 5. The van der Waals surface area contributed by atoms with Crippen LogP contribution in [0.15, 0.2) is 41.0 Å². The van der Waals surface area contributed by atoms with Gasteiger partial charge in [0.05, 0.1) is 17.9 Å². The lowest BCUT2D eigenvalue weighted by molar-refractivity contribution is -0.137. The van der Waals surface area contributed by atoms with Crippen molar-refractivity contribution in [3.8, 4) is 11.5 Å². The molecule has 0 saturated heterocycles. The molecule has 0 aliphatic carbocycles. The topological polar surface area (TPSA) is 43.4 Å². The average molecular weight is 491 g/mol. The first-order chi connectivity index (χ1) is 15.2. The molecule has 176 valence electrons. The molecule has 2 rings (SSSR count). The number of pyridine rings is 1. The molecule has 0 unspecified atom stereocenters. The lowest BCUT2D eigenvalue weighted by Crippen LogP contribution is -2.17. The van der Waals surface area contributed by atoms with Gasteiger partial charge in [0.25, 0.3) is 0 Å². The van der Waals surface area contributed by atoms with E-state index >= 15 is 0 Å². The number of aryl methyl sites for hydroxylation is 2. The Labute approximate surface area is 196 Å². The second-order valence-corrected chi connectivity index (χ2v) is 8.16. The zero-order valence-corrected chi connectivity index (χ0v) is 19.6. The minimum Gasteiger partial charge on any atom is -0.493 e. The number of ether oxygens (including phenoxy) is 2. The summed E-state index contributed by atoms with van der Waals surface area (Å²) in [5.41, 5.74) is 1.89. The Morgan fingerprint density at radius 2 is 1.94 bits per heavy atom. The van der Waals surface area contributed by atoms with Crippen LogP contribution >= 0.6 is 23.2 Å². The van der Waals surface area contributed by atoms with Gasteiger partial charge in [-0.25, -0.2) is 0 Å². The molecular formula is C23H27Cl2F3N2O2. The third-order valence-corrected chi connectivity index (χ3v) is 4.95. The van der Waals surface area contributed by atoms with Gasteiger partial charge in [0, 0.05) is 12.7 Å². The van der Waals surface area contributed by atoms with Crippen LogP contribution in [0.25, 0.3) is 0 Å². The molecule has 2 aromatic rings. The van der Waals surface area contributed by atoms with Crippen LogP contribution in [0.3, 0.4) is 0 Å². The molecule has 0 aliphatic heterocycles.